The summed E-state index contributed by atoms with van der Waals surface area (Å²) >= 11 is 0. The van der Waals surface area contributed by atoms with Gasteiger partial charge in [-0.15, -0.1) is 0 Å². The van der Waals surface area contributed by atoms with Crippen molar-refractivity contribution in [2.75, 3.05) is 6.73 Å². The number of fused-ring (bicyclic) bond motifs is 1. The number of ether oxygens (including phenoxy) is 1. The number of hydrogen-bond acceptors (Lipinski definition) is 5. The number of aromatic amines is 1. The van der Waals surface area contributed by atoms with Crippen molar-refractivity contribution in [2.24, 2.45) is 0 Å². The van der Waals surface area contributed by atoms with E-state index in [1.54, 1.807) is 29.8 Å². The Labute approximate surface area is 186 Å². The fraction of sp³-hybridized carbons (Fsp3) is 0.292. The Bertz CT molecular complexity index is 1190. The number of H-pyrrole nitrogens is 1. The third-order valence-electron chi connectivity index (χ3n) is 5.72. The molecule has 168 valence electrons. The molecule has 32 heavy (non-hydrogen) atoms. The van der Waals surface area contributed by atoms with E-state index in [1.807, 2.05) is 32.9 Å². The number of aliphatic hydroxyl groups is 1. The van der Waals surface area contributed by atoms with Crippen molar-refractivity contribution < 1.29 is 19.4 Å². The van der Waals surface area contributed by atoms with Crippen LogP contribution in [0.15, 0.2) is 36.5 Å². The number of aromatic nitrogens is 2. The van der Waals surface area contributed by atoms with E-state index in [0.717, 1.165) is 35.6 Å². The van der Waals surface area contributed by atoms with Crippen LogP contribution in [0.2, 0.25) is 0 Å². The van der Waals surface area contributed by atoms with Crippen LogP contribution in [0, 0.1) is 19.3 Å². The zero-order valence-electron chi connectivity index (χ0n) is 18.7. The first-order chi connectivity index (χ1) is 15.4. The summed E-state index contributed by atoms with van der Waals surface area (Å²) in [6.45, 7) is 7.12. The smallest absolute Gasteiger partial charge is 0.257 e. The van der Waals surface area contributed by atoms with E-state index >= 15 is 0 Å². The molecular formula is C24H28N4O4. The van der Waals surface area contributed by atoms with Gasteiger partial charge in [0.15, 0.2) is 5.76 Å². The Balaban J connectivity index is 1.94. The Morgan fingerprint density at radius 1 is 1.34 bits per heavy atom. The van der Waals surface area contributed by atoms with Crippen molar-refractivity contribution in [3.05, 3.63) is 59.1 Å². The number of hydrogen-bond donors (Lipinski definition) is 3. The van der Waals surface area contributed by atoms with Gasteiger partial charge in [0.25, 0.3) is 5.91 Å². The largest absolute Gasteiger partial charge is 0.455 e. The minimum absolute atomic E-state index is 0.105. The summed E-state index contributed by atoms with van der Waals surface area (Å²) in [5.41, 5.74) is 3.26. The number of allylic oxidation sites excluding steroid dienone is 1. The Morgan fingerprint density at radius 3 is 2.72 bits per heavy atom. The van der Waals surface area contributed by atoms with Gasteiger partial charge < -0.3 is 25.1 Å². The number of amides is 1. The van der Waals surface area contributed by atoms with E-state index in [9.17, 15) is 14.7 Å². The quantitative estimate of drug-likeness (QED) is 0.204. The van der Waals surface area contributed by atoms with Crippen LogP contribution in [-0.4, -0.2) is 50.9 Å². The van der Waals surface area contributed by atoms with Crippen LogP contribution >= 0.6 is 0 Å². The lowest BCUT2D eigenvalue weighted by Crippen LogP contribution is -2.39. The molecule has 1 atom stereocenters. The molecule has 1 unspecified atom stereocenters. The molecule has 0 radical (unpaired) electrons. The number of carbonyl (C=O) groups excluding carboxylic acids is 2. The minimum atomic E-state index is -0.368. The highest BCUT2D eigenvalue weighted by molar-refractivity contribution is 5.97. The third kappa shape index (κ3) is 4.22. The standard InChI is InChI=1S/C24H28N4O4/c1-5-15(2)28(14-30)24(31)20-12-26-23(17(20)4)22(8-9-25)32-19-6-7-21-18(11-19)10-16(3)27(21)13-29/h6-13,15,25-26,30H,5,14H2,1-4H3/b22-8+,25-9?. The molecule has 0 saturated heterocycles. The van der Waals surface area contributed by atoms with Gasteiger partial charge in [0.05, 0.1) is 16.8 Å². The van der Waals surface area contributed by atoms with Gasteiger partial charge >= 0.3 is 0 Å². The molecule has 0 spiro atoms. The summed E-state index contributed by atoms with van der Waals surface area (Å²) in [4.78, 5) is 28.8. The molecule has 3 aromatic rings. The molecule has 0 aliphatic heterocycles. The molecular weight excluding hydrogens is 408 g/mol. The Kier molecular flexibility index (Phi) is 6.95. The average Bonchev–Trinajstić information content (AvgIpc) is 3.31. The van der Waals surface area contributed by atoms with Gasteiger partial charge in [-0.25, -0.2) is 0 Å². The highest BCUT2D eigenvalue weighted by Crippen LogP contribution is 2.29. The Morgan fingerprint density at radius 2 is 2.09 bits per heavy atom. The average molecular weight is 437 g/mol. The summed E-state index contributed by atoms with van der Waals surface area (Å²) < 4.78 is 7.63. The van der Waals surface area contributed by atoms with E-state index in [2.05, 4.69) is 4.98 Å². The molecule has 8 nitrogen and oxygen atoms in total. The van der Waals surface area contributed by atoms with Crippen LogP contribution in [0.25, 0.3) is 16.7 Å². The predicted molar refractivity (Wildman–Crippen MR) is 125 cm³/mol. The number of aryl methyl sites for hydroxylation is 1. The predicted octanol–water partition coefficient (Wildman–Crippen LogP) is 3.88. The second-order valence-corrected chi connectivity index (χ2v) is 7.66. The van der Waals surface area contributed by atoms with Gasteiger partial charge in [-0.1, -0.05) is 6.92 Å². The summed E-state index contributed by atoms with van der Waals surface area (Å²) in [6.07, 6.45) is 5.70. The van der Waals surface area contributed by atoms with Crippen LogP contribution in [0.4, 0.5) is 0 Å². The van der Waals surface area contributed by atoms with Gasteiger partial charge in [-0.2, -0.15) is 0 Å². The molecule has 0 aliphatic carbocycles. The highest BCUT2D eigenvalue weighted by atomic mass is 16.5. The van der Waals surface area contributed by atoms with Crippen molar-refractivity contribution in [1.29, 1.82) is 5.41 Å². The van der Waals surface area contributed by atoms with E-state index in [4.69, 9.17) is 10.1 Å². The van der Waals surface area contributed by atoms with E-state index < -0.39 is 0 Å². The fourth-order valence-corrected chi connectivity index (χ4v) is 3.68. The van der Waals surface area contributed by atoms with Gasteiger partial charge in [0.1, 0.15) is 12.5 Å². The van der Waals surface area contributed by atoms with Gasteiger partial charge in [0.2, 0.25) is 6.41 Å². The number of nitrogens with one attached hydrogen (secondary N) is 2. The lowest BCUT2D eigenvalue weighted by atomic mass is 10.1. The summed E-state index contributed by atoms with van der Waals surface area (Å²) in [7, 11) is 0. The molecule has 0 fully saturated rings. The summed E-state index contributed by atoms with van der Waals surface area (Å²) in [6, 6.07) is 7.16. The highest BCUT2D eigenvalue weighted by Gasteiger charge is 2.24. The van der Waals surface area contributed by atoms with Crippen molar-refractivity contribution >= 4 is 35.2 Å². The summed E-state index contributed by atoms with van der Waals surface area (Å²) in [5.74, 6) is 0.636. The Hall–Kier alpha value is -3.65. The first-order valence-corrected chi connectivity index (χ1v) is 10.4. The van der Waals surface area contributed by atoms with Crippen molar-refractivity contribution in [3.8, 4) is 5.75 Å². The van der Waals surface area contributed by atoms with E-state index in [0.29, 0.717) is 28.3 Å². The monoisotopic (exact) mass is 436 g/mol. The minimum Gasteiger partial charge on any atom is -0.455 e. The van der Waals surface area contributed by atoms with Crippen LogP contribution in [0.3, 0.4) is 0 Å². The number of rotatable bonds is 9. The van der Waals surface area contributed by atoms with Crippen LogP contribution in [0.5, 0.6) is 5.75 Å². The number of carbonyl (C=O) groups is 2. The van der Waals surface area contributed by atoms with Crippen LogP contribution < -0.4 is 4.74 Å². The first kappa shape index (κ1) is 23.0. The number of aliphatic hydroxyl groups excluding tert-OH is 1. The summed E-state index contributed by atoms with van der Waals surface area (Å²) in [5, 5.41) is 18.1. The normalized spacial score (nSPS) is 12.6. The zero-order chi connectivity index (χ0) is 23.4. The van der Waals surface area contributed by atoms with Crippen LogP contribution in [-0.2, 0) is 4.79 Å². The maximum atomic E-state index is 13.0. The molecule has 2 aromatic heterocycles. The third-order valence-corrected chi connectivity index (χ3v) is 5.72. The molecule has 0 aliphatic rings. The van der Waals surface area contributed by atoms with Gasteiger partial charge in [-0.05, 0) is 57.0 Å². The fourth-order valence-electron chi connectivity index (χ4n) is 3.68. The molecule has 1 aromatic carbocycles. The molecule has 0 saturated carbocycles. The molecule has 0 bridgehead atoms. The maximum Gasteiger partial charge on any atom is 0.257 e. The van der Waals surface area contributed by atoms with Crippen molar-refractivity contribution in [3.63, 3.8) is 0 Å². The molecule has 3 rings (SSSR count). The van der Waals surface area contributed by atoms with Crippen LogP contribution in [0.1, 0.15) is 47.6 Å². The lowest BCUT2D eigenvalue weighted by molar-refractivity contribution is 0.0431. The number of nitrogens with zero attached hydrogens (tertiary/aromatic N) is 2. The second kappa shape index (κ2) is 9.65. The van der Waals surface area contributed by atoms with E-state index in [-0.39, 0.29) is 18.7 Å². The first-order valence-electron chi connectivity index (χ1n) is 10.4. The van der Waals surface area contributed by atoms with Gasteiger partial charge in [0, 0.05) is 35.6 Å². The molecule has 3 N–H and O–H groups in total. The maximum absolute atomic E-state index is 13.0. The molecule has 2 heterocycles. The number of benzene rings is 1. The lowest BCUT2D eigenvalue weighted by Gasteiger charge is -2.26. The molecule has 8 heteroatoms. The van der Waals surface area contributed by atoms with Crippen molar-refractivity contribution in [1.82, 2.24) is 14.5 Å². The second-order valence-electron chi connectivity index (χ2n) is 7.66. The van der Waals surface area contributed by atoms with Crippen molar-refractivity contribution in [2.45, 2.75) is 40.2 Å². The SMILES string of the molecule is CCC(C)N(CO)C(=O)c1c[nH]c(/C(=C\C=N)Oc2ccc3c(c2)cc(C)n3C=O)c1C. The molecule has 1 amide bonds. The van der Waals surface area contributed by atoms with E-state index in [1.165, 1.54) is 11.0 Å². The van der Waals surface area contributed by atoms with Gasteiger partial charge in [-0.3, -0.25) is 14.2 Å². The topological polar surface area (TPSA) is 111 Å². The zero-order valence-corrected chi connectivity index (χ0v) is 18.7.